The normalized spacial score (nSPS) is 24.8. The number of rotatable bonds is 5. The van der Waals surface area contributed by atoms with E-state index >= 15 is 0 Å². The first-order valence-corrected chi connectivity index (χ1v) is 8.24. The maximum atomic E-state index is 12.5. The summed E-state index contributed by atoms with van der Waals surface area (Å²) < 4.78 is 33.0. The first kappa shape index (κ1) is 15.4. The van der Waals surface area contributed by atoms with Crippen LogP contribution in [0.1, 0.15) is 31.9 Å². The summed E-state index contributed by atoms with van der Waals surface area (Å²) in [4.78, 5) is 0.297. The first-order chi connectivity index (χ1) is 9.36. The van der Waals surface area contributed by atoms with Gasteiger partial charge in [-0.2, -0.15) is 0 Å². The van der Waals surface area contributed by atoms with Crippen LogP contribution in [0.2, 0.25) is 0 Å². The lowest BCUT2D eigenvalue weighted by Gasteiger charge is -2.23. The van der Waals surface area contributed by atoms with Gasteiger partial charge in [0.2, 0.25) is 10.0 Å². The second kappa shape index (κ2) is 5.81. The molecule has 2 N–H and O–H groups in total. The Balaban J connectivity index is 2.25. The molecule has 5 nitrogen and oxygen atoms in total. The molecule has 1 aliphatic rings. The van der Waals surface area contributed by atoms with Crippen LogP contribution in [0.3, 0.4) is 0 Å². The molecule has 112 valence electrons. The largest absolute Gasteiger partial charge is 0.379 e. The maximum Gasteiger partial charge on any atom is 0.241 e. The lowest BCUT2D eigenvalue weighted by molar-refractivity contribution is 0.178. The van der Waals surface area contributed by atoms with Crippen LogP contribution >= 0.6 is 0 Å². The Labute approximate surface area is 120 Å². The van der Waals surface area contributed by atoms with Crippen LogP contribution in [0.5, 0.6) is 0 Å². The van der Waals surface area contributed by atoms with Crippen molar-refractivity contribution in [2.24, 2.45) is 0 Å². The molecule has 2 rings (SSSR count). The van der Waals surface area contributed by atoms with E-state index in [1.807, 2.05) is 27.0 Å². The summed E-state index contributed by atoms with van der Waals surface area (Å²) in [7, 11) is -1.68. The summed E-state index contributed by atoms with van der Waals surface area (Å²) in [6, 6.07) is 7.12. The van der Waals surface area contributed by atoms with E-state index in [4.69, 9.17) is 4.74 Å². The molecule has 1 heterocycles. The van der Waals surface area contributed by atoms with Crippen molar-refractivity contribution in [3.8, 4) is 0 Å². The van der Waals surface area contributed by atoms with Crippen LogP contribution in [0.4, 0.5) is 0 Å². The molecule has 1 aliphatic heterocycles. The fraction of sp³-hybridized carbons (Fsp3) is 0.571. The number of sulfonamides is 1. The molecule has 2 atom stereocenters. The second-order valence-corrected chi connectivity index (χ2v) is 7.23. The molecule has 1 aromatic carbocycles. The molecule has 0 aromatic heterocycles. The van der Waals surface area contributed by atoms with E-state index in [9.17, 15) is 8.42 Å². The third kappa shape index (κ3) is 3.38. The standard InChI is InChI=1S/C14H22N2O3S/c1-11(15-3)12-5-4-6-13(9-12)20(17,18)16-14(2)7-8-19-10-14/h4-6,9,11,15-16H,7-8,10H2,1-3H3. The summed E-state index contributed by atoms with van der Waals surface area (Å²) >= 11 is 0. The van der Waals surface area contributed by atoms with Crippen molar-refractivity contribution >= 4 is 10.0 Å². The molecule has 1 saturated heterocycles. The summed E-state index contributed by atoms with van der Waals surface area (Å²) in [6.07, 6.45) is 0.693. The first-order valence-electron chi connectivity index (χ1n) is 6.75. The van der Waals surface area contributed by atoms with Crippen molar-refractivity contribution in [1.82, 2.24) is 10.0 Å². The van der Waals surface area contributed by atoms with Gasteiger partial charge in [0.15, 0.2) is 0 Å². The topological polar surface area (TPSA) is 67.4 Å². The van der Waals surface area contributed by atoms with Gasteiger partial charge in [-0.05, 0) is 45.0 Å². The van der Waals surface area contributed by atoms with Crippen LogP contribution < -0.4 is 10.0 Å². The minimum absolute atomic E-state index is 0.107. The van der Waals surface area contributed by atoms with E-state index in [1.54, 1.807) is 18.2 Å². The number of hydrogen-bond donors (Lipinski definition) is 2. The molecule has 0 amide bonds. The van der Waals surface area contributed by atoms with Gasteiger partial charge in [-0.25, -0.2) is 13.1 Å². The quantitative estimate of drug-likeness (QED) is 0.863. The fourth-order valence-corrected chi connectivity index (χ4v) is 3.73. The predicted molar refractivity (Wildman–Crippen MR) is 78.1 cm³/mol. The van der Waals surface area contributed by atoms with E-state index in [0.29, 0.717) is 24.5 Å². The van der Waals surface area contributed by atoms with Crippen molar-refractivity contribution in [3.05, 3.63) is 29.8 Å². The second-order valence-electron chi connectivity index (χ2n) is 5.55. The molecule has 20 heavy (non-hydrogen) atoms. The predicted octanol–water partition coefficient (Wildman–Crippen LogP) is 1.42. The van der Waals surface area contributed by atoms with Gasteiger partial charge in [-0.3, -0.25) is 0 Å². The Kier molecular flexibility index (Phi) is 4.49. The molecule has 1 fully saturated rings. The van der Waals surface area contributed by atoms with Crippen molar-refractivity contribution in [1.29, 1.82) is 0 Å². The zero-order chi connectivity index (χ0) is 14.8. The van der Waals surface area contributed by atoms with E-state index in [0.717, 1.165) is 5.56 Å². The maximum absolute atomic E-state index is 12.5. The average molecular weight is 298 g/mol. The molecule has 0 aliphatic carbocycles. The minimum Gasteiger partial charge on any atom is -0.379 e. The van der Waals surface area contributed by atoms with Crippen molar-refractivity contribution in [2.45, 2.75) is 36.7 Å². The smallest absolute Gasteiger partial charge is 0.241 e. The van der Waals surface area contributed by atoms with Crippen molar-refractivity contribution in [3.63, 3.8) is 0 Å². The molecule has 6 heteroatoms. The molecule has 0 spiro atoms. The summed E-state index contributed by atoms with van der Waals surface area (Å²) in [6.45, 7) is 4.87. The third-order valence-electron chi connectivity index (χ3n) is 3.70. The third-order valence-corrected chi connectivity index (χ3v) is 5.34. The van der Waals surface area contributed by atoms with Gasteiger partial charge in [0.25, 0.3) is 0 Å². The van der Waals surface area contributed by atoms with Crippen LogP contribution in [0.25, 0.3) is 0 Å². The number of hydrogen-bond acceptors (Lipinski definition) is 4. The van der Waals surface area contributed by atoms with Gasteiger partial charge >= 0.3 is 0 Å². The van der Waals surface area contributed by atoms with E-state index in [2.05, 4.69) is 10.0 Å². The zero-order valence-electron chi connectivity index (χ0n) is 12.1. The Bertz CT molecular complexity index is 566. The van der Waals surface area contributed by atoms with Crippen molar-refractivity contribution < 1.29 is 13.2 Å². The highest BCUT2D eigenvalue weighted by molar-refractivity contribution is 7.89. The Morgan fingerprint density at radius 1 is 1.40 bits per heavy atom. The number of benzene rings is 1. The summed E-state index contributed by atoms with van der Waals surface area (Å²) in [5.74, 6) is 0. The number of ether oxygens (including phenoxy) is 1. The molecular weight excluding hydrogens is 276 g/mol. The monoisotopic (exact) mass is 298 g/mol. The highest BCUT2D eigenvalue weighted by Crippen LogP contribution is 2.23. The van der Waals surface area contributed by atoms with Gasteiger partial charge in [0.1, 0.15) is 0 Å². The van der Waals surface area contributed by atoms with Crippen LogP contribution in [-0.2, 0) is 14.8 Å². The number of nitrogens with one attached hydrogen (secondary N) is 2. The van der Waals surface area contributed by atoms with Gasteiger partial charge in [0.05, 0.1) is 17.0 Å². The van der Waals surface area contributed by atoms with Crippen molar-refractivity contribution in [2.75, 3.05) is 20.3 Å². The average Bonchev–Trinajstić information content (AvgIpc) is 2.83. The lowest BCUT2D eigenvalue weighted by Crippen LogP contribution is -2.46. The van der Waals surface area contributed by atoms with Crippen LogP contribution in [-0.4, -0.2) is 34.2 Å². The summed E-state index contributed by atoms with van der Waals surface area (Å²) in [5.41, 5.74) is 0.437. The van der Waals surface area contributed by atoms with Crippen LogP contribution in [0.15, 0.2) is 29.2 Å². The SMILES string of the molecule is CNC(C)c1cccc(S(=O)(=O)NC2(C)CCOC2)c1. The Hall–Kier alpha value is -0.950. The lowest BCUT2D eigenvalue weighted by atomic mass is 10.0. The molecule has 0 radical (unpaired) electrons. The van der Waals surface area contributed by atoms with Gasteiger partial charge in [-0.15, -0.1) is 0 Å². The van der Waals surface area contributed by atoms with E-state index < -0.39 is 15.6 Å². The van der Waals surface area contributed by atoms with Gasteiger partial charge in [0, 0.05) is 12.6 Å². The minimum atomic E-state index is -3.52. The van der Waals surface area contributed by atoms with Gasteiger partial charge in [-0.1, -0.05) is 12.1 Å². The highest BCUT2D eigenvalue weighted by Gasteiger charge is 2.34. The molecule has 0 bridgehead atoms. The summed E-state index contributed by atoms with van der Waals surface area (Å²) in [5, 5.41) is 3.11. The van der Waals surface area contributed by atoms with Gasteiger partial charge < -0.3 is 10.1 Å². The molecule has 2 unspecified atom stereocenters. The van der Waals surface area contributed by atoms with Crippen LogP contribution in [0, 0.1) is 0 Å². The zero-order valence-corrected chi connectivity index (χ0v) is 13.0. The van der Waals surface area contributed by atoms with E-state index in [1.165, 1.54) is 0 Å². The molecule has 0 saturated carbocycles. The Morgan fingerprint density at radius 2 is 2.15 bits per heavy atom. The Morgan fingerprint density at radius 3 is 2.75 bits per heavy atom. The fourth-order valence-electron chi connectivity index (χ4n) is 2.25. The highest BCUT2D eigenvalue weighted by atomic mass is 32.2. The molecular formula is C14H22N2O3S. The molecule has 1 aromatic rings. The van der Waals surface area contributed by atoms with E-state index in [-0.39, 0.29) is 6.04 Å².